The van der Waals surface area contributed by atoms with Gasteiger partial charge in [0, 0.05) is 37.1 Å². The molecule has 0 aliphatic carbocycles. The highest BCUT2D eigenvalue weighted by Gasteiger charge is 2.35. The molecule has 0 bridgehead atoms. The van der Waals surface area contributed by atoms with Gasteiger partial charge in [0.05, 0.1) is 25.6 Å². The Hall–Kier alpha value is -4.01. The van der Waals surface area contributed by atoms with Crippen molar-refractivity contribution in [2.75, 3.05) is 48.5 Å². The number of ether oxygens (including phenoxy) is 2. The van der Waals surface area contributed by atoms with Crippen molar-refractivity contribution in [3.05, 3.63) is 53.9 Å². The molecule has 3 heterocycles. The van der Waals surface area contributed by atoms with Crippen LogP contribution in [0.15, 0.2) is 42.7 Å². The van der Waals surface area contributed by atoms with E-state index in [0.29, 0.717) is 24.1 Å². The van der Waals surface area contributed by atoms with Crippen LogP contribution in [0.1, 0.15) is 71.6 Å². The summed E-state index contributed by atoms with van der Waals surface area (Å²) in [7, 11) is 1.70. The highest BCUT2D eigenvalue weighted by molar-refractivity contribution is 5.87. The molecule has 1 fully saturated rings. The van der Waals surface area contributed by atoms with E-state index in [2.05, 4.69) is 92.4 Å². The Morgan fingerprint density at radius 1 is 1.02 bits per heavy atom. The first-order valence-electron chi connectivity index (χ1n) is 15.0. The number of nitrogens with one attached hydrogen (secondary N) is 1. The van der Waals surface area contributed by atoms with Gasteiger partial charge in [0.1, 0.15) is 17.0 Å². The van der Waals surface area contributed by atoms with Crippen molar-refractivity contribution in [1.29, 1.82) is 0 Å². The Morgan fingerprint density at radius 2 is 1.76 bits per heavy atom. The van der Waals surface area contributed by atoms with Crippen LogP contribution in [-0.2, 0) is 0 Å². The van der Waals surface area contributed by atoms with Crippen LogP contribution >= 0.6 is 0 Å². The van der Waals surface area contributed by atoms with Gasteiger partial charge < -0.3 is 29.2 Å². The number of methoxy groups -OCH3 is 1. The molecule has 5 rings (SSSR count). The standard InChI is InChI=1S/C33H45N7O2/c1-10-42-28-17-23(6)27(18-26(28)21(2)3)35-31-29-30(34-20-39(29)22(4)5)36-32(37-31)38-15-16-40(33(7,8)19-38)24-11-13-25(41-9)14-12-24/h11-14,17-18,20-22H,10,15-16,19H2,1-9H3,(H,35,36,37). The van der Waals surface area contributed by atoms with Crippen molar-refractivity contribution in [2.24, 2.45) is 0 Å². The summed E-state index contributed by atoms with van der Waals surface area (Å²) < 4.78 is 13.5. The minimum absolute atomic E-state index is 0.145. The van der Waals surface area contributed by atoms with Crippen molar-refractivity contribution in [3.8, 4) is 11.5 Å². The molecule has 0 radical (unpaired) electrons. The number of aryl methyl sites for hydroxylation is 1. The fourth-order valence-electron chi connectivity index (χ4n) is 5.81. The number of benzene rings is 2. The zero-order valence-corrected chi connectivity index (χ0v) is 26.5. The van der Waals surface area contributed by atoms with Crippen LogP contribution in [0.5, 0.6) is 11.5 Å². The maximum Gasteiger partial charge on any atom is 0.229 e. The zero-order valence-electron chi connectivity index (χ0n) is 26.5. The van der Waals surface area contributed by atoms with Crippen molar-refractivity contribution < 1.29 is 9.47 Å². The Morgan fingerprint density at radius 3 is 2.38 bits per heavy atom. The first kappa shape index (κ1) is 29.5. The number of aromatic nitrogens is 4. The molecule has 1 aliphatic heterocycles. The lowest BCUT2D eigenvalue weighted by Gasteiger charge is -2.48. The van der Waals surface area contributed by atoms with Gasteiger partial charge in [-0.1, -0.05) is 13.8 Å². The topological polar surface area (TPSA) is 80.6 Å². The third kappa shape index (κ3) is 5.69. The summed E-state index contributed by atoms with van der Waals surface area (Å²) in [6.45, 7) is 20.4. The Kier molecular flexibility index (Phi) is 8.21. The van der Waals surface area contributed by atoms with Gasteiger partial charge in [-0.25, -0.2) is 4.98 Å². The van der Waals surface area contributed by atoms with E-state index in [1.165, 1.54) is 11.3 Å². The summed E-state index contributed by atoms with van der Waals surface area (Å²) >= 11 is 0. The molecule has 1 saturated heterocycles. The largest absolute Gasteiger partial charge is 0.497 e. The number of imidazole rings is 1. The summed E-state index contributed by atoms with van der Waals surface area (Å²) in [5.41, 5.74) is 5.92. The molecular formula is C33H45N7O2. The fourth-order valence-corrected chi connectivity index (χ4v) is 5.81. The van der Waals surface area contributed by atoms with E-state index in [9.17, 15) is 0 Å². The van der Waals surface area contributed by atoms with Crippen LogP contribution in [-0.4, -0.2) is 58.4 Å². The number of rotatable bonds is 9. The number of fused-ring (bicyclic) bond motifs is 1. The molecule has 4 aromatic rings. The second-order valence-corrected chi connectivity index (χ2v) is 12.3. The molecule has 9 nitrogen and oxygen atoms in total. The van der Waals surface area contributed by atoms with Crippen molar-refractivity contribution >= 4 is 34.3 Å². The first-order valence-corrected chi connectivity index (χ1v) is 15.0. The van der Waals surface area contributed by atoms with Gasteiger partial charge in [-0.15, -0.1) is 0 Å². The van der Waals surface area contributed by atoms with Crippen LogP contribution in [0.25, 0.3) is 11.2 Å². The smallest absolute Gasteiger partial charge is 0.229 e. The first-order chi connectivity index (χ1) is 20.0. The average Bonchev–Trinajstić information content (AvgIpc) is 3.39. The highest BCUT2D eigenvalue weighted by Crippen LogP contribution is 2.36. The average molecular weight is 572 g/mol. The van der Waals surface area contributed by atoms with Gasteiger partial charge in [-0.3, -0.25) is 0 Å². The van der Waals surface area contributed by atoms with Gasteiger partial charge in [-0.05, 0) is 95.0 Å². The SMILES string of the molecule is CCOc1cc(C)c(Nc2nc(N3CCN(c4ccc(OC)cc4)C(C)(C)C3)nc3ncn(C(C)C)c23)cc1C(C)C. The lowest BCUT2D eigenvalue weighted by molar-refractivity contribution is 0.335. The van der Waals surface area contributed by atoms with Crippen molar-refractivity contribution in [3.63, 3.8) is 0 Å². The fraction of sp³-hybridized carbons (Fsp3) is 0.485. The van der Waals surface area contributed by atoms with E-state index in [4.69, 9.17) is 24.4 Å². The molecule has 0 spiro atoms. The lowest BCUT2D eigenvalue weighted by atomic mass is 9.98. The predicted octanol–water partition coefficient (Wildman–Crippen LogP) is 7.10. The van der Waals surface area contributed by atoms with Gasteiger partial charge in [0.2, 0.25) is 5.95 Å². The number of nitrogens with zero attached hydrogens (tertiary/aromatic N) is 6. The zero-order chi connectivity index (χ0) is 30.2. The number of hydrogen-bond donors (Lipinski definition) is 1. The molecule has 2 aromatic heterocycles. The van der Waals surface area contributed by atoms with Crippen LogP contribution in [0.4, 0.5) is 23.1 Å². The number of hydrogen-bond acceptors (Lipinski definition) is 8. The van der Waals surface area contributed by atoms with Crippen LogP contribution in [0.3, 0.4) is 0 Å². The van der Waals surface area contributed by atoms with E-state index >= 15 is 0 Å². The summed E-state index contributed by atoms with van der Waals surface area (Å²) in [5.74, 6) is 3.57. The minimum atomic E-state index is -0.145. The summed E-state index contributed by atoms with van der Waals surface area (Å²) in [6, 6.07) is 12.8. The Labute approximate surface area is 249 Å². The van der Waals surface area contributed by atoms with E-state index in [-0.39, 0.29) is 11.6 Å². The normalized spacial score (nSPS) is 15.1. The lowest BCUT2D eigenvalue weighted by Crippen LogP contribution is -2.60. The molecule has 2 aromatic carbocycles. The molecule has 0 amide bonds. The predicted molar refractivity (Wildman–Crippen MR) is 172 cm³/mol. The van der Waals surface area contributed by atoms with Gasteiger partial charge in [0.25, 0.3) is 0 Å². The highest BCUT2D eigenvalue weighted by atomic mass is 16.5. The van der Waals surface area contributed by atoms with E-state index in [0.717, 1.165) is 53.7 Å². The molecular weight excluding hydrogens is 526 g/mol. The summed E-state index contributed by atoms with van der Waals surface area (Å²) in [4.78, 5) is 19.6. The van der Waals surface area contributed by atoms with Crippen molar-refractivity contribution in [1.82, 2.24) is 19.5 Å². The molecule has 42 heavy (non-hydrogen) atoms. The Bertz CT molecular complexity index is 1540. The summed E-state index contributed by atoms with van der Waals surface area (Å²) in [5, 5.41) is 3.69. The molecule has 0 atom stereocenters. The third-order valence-corrected chi connectivity index (χ3v) is 8.07. The number of piperazine rings is 1. The molecule has 0 unspecified atom stereocenters. The van der Waals surface area contributed by atoms with Gasteiger partial charge >= 0.3 is 0 Å². The maximum atomic E-state index is 5.98. The quantitative estimate of drug-likeness (QED) is 0.228. The van der Waals surface area contributed by atoms with Crippen LogP contribution in [0, 0.1) is 6.92 Å². The van der Waals surface area contributed by atoms with E-state index in [1.54, 1.807) is 7.11 Å². The molecule has 9 heteroatoms. The van der Waals surface area contributed by atoms with Crippen molar-refractivity contribution in [2.45, 2.75) is 72.9 Å². The van der Waals surface area contributed by atoms with Crippen LogP contribution < -0.4 is 24.6 Å². The number of anilines is 4. The monoisotopic (exact) mass is 571 g/mol. The maximum absolute atomic E-state index is 5.98. The van der Waals surface area contributed by atoms with Gasteiger partial charge in [-0.2, -0.15) is 9.97 Å². The summed E-state index contributed by atoms with van der Waals surface area (Å²) in [6.07, 6.45) is 1.87. The van der Waals surface area contributed by atoms with E-state index in [1.807, 2.05) is 25.4 Å². The molecule has 224 valence electrons. The second-order valence-electron chi connectivity index (χ2n) is 12.3. The van der Waals surface area contributed by atoms with Gasteiger partial charge in [0.15, 0.2) is 11.5 Å². The molecule has 1 aliphatic rings. The molecule has 1 N–H and O–H groups in total. The molecule has 0 saturated carbocycles. The third-order valence-electron chi connectivity index (χ3n) is 8.07. The minimum Gasteiger partial charge on any atom is -0.497 e. The second kappa shape index (κ2) is 11.7. The van der Waals surface area contributed by atoms with Crippen LogP contribution in [0.2, 0.25) is 0 Å². The van der Waals surface area contributed by atoms with E-state index < -0.39 is 0 Å². The Balaban J connectivity index is 1.52.